The molecule has 7 nitrogen and oxygen atoms in total. The lowest BCUT2D eigenvalue weighted by Crippen LogP contribution is -2.30. The van der Waals surface area contributed by atoms with Crippen LogP contribution >= 0.6 is 0 Å². The van der Waals surface area contributed by atoms with Gasteiger partial charge in [-0.25, -0.2) is 8.42 Å². The molecule has 0 aliphatic heterocycles. The summed E-state index contributed by atoms with van der Waals surface area (Å²) in [6.07, 6.45) is 2.80. The molecule has 0 atom stereocenters. The van der Waals surface area contributed by atoms with E-state index >= 15 is 0 Å². The van der Waals surface area contributed by atoms with Crippen molar-refractivity contribution in [1.82, 2.24) is 4.31 Å². The molecule has 0 saturated heterocycles. The number of ketones is 1. The Kier molecular flexibility index (Phi) is 6.82. The number of benzene rings is 2. The molecule has 2 aromatic carbocycles. The molecule has 2 aromatic rings. The number of sulfonamides is 1. The first kappa shape index (κ1) is 21.5. The van der Waals surface area contributed by atoms with Crippen molar-refractivity contribution in [2.75, 3.05) is 13.1 Å². The maximum atomic E-state index is 12.5. The summed E-state index contributed by atoms with van der Waals surface area (Å²) in [5, 5.41) is 11.0. The summed E-state index contributed by atoms with van der Waals surface area (Å²) >= 11 is 0. The molecule has 0 aliphatic rings. The molecule has 0 saturated carbocycles. The minimum Gasteiger partial charge on any atom is -0.289 e. The van der Waals surface area contributed by atoms with Gasteiger partial charge in [-0.15, -0.1) is 0 Å². The first-order valence-electron chi connectivity index (χ1n) is 8.78. The zero-order valence-electron chi connectivity index (χ0n) is 16.0. The molecule has 28 heavy (non-hydrogen) atoms. The van der Waals surface area contributed by atoms with Crippen LogP contribution in [-0.2, 0) is 10.0 Å². The molecule has 0 unspecified atom stereocenters. The Labute approximate surface area is 164 Å². The van der Waals surface area contributed by atoms with Crippen LogP contribution in [0, 0.1) is 17.0 Å². The minimum atomic E-state index is -3.58. The molecule has 0 amide bonds. The lowest BCUT2D eigenvalue weighted by atomic mass is 10.1. The van der Waals surface area contributed by atoms with Crippen LogP contribution in [-0.4, -0.2) is 36.5 Å². The standard InChI is InChI=1S/C20H22N2O5S/c1-4-21(5-2)28(26,27)18-11-9-17(10-12-18)20(23)13-8-16-7-6-15(3)19(14-16)22(24)25/h6-14H,4-5H2,1-3H3/b13-8+. The molecule has 0 N–H and O–H groups in total. The van der Waals surface area contributed by atoms with Gasteiger partial charge in [0.2, 0.25) is 10.0 Å². The summed E-state index contributed by atoms with van der Waals surface area (Å²) < 4.78 is 26.3. The van der Waals surface area contributed by atoms with Crippen LogP contribution in [0.4, 0.5) is 5.69 Å². The van der Waals surface area contributed by atoms with Crippen LogP contribution in [0.25, 0.3) is 6.08 Å². The molecule has 0 bridgehead atoms. The predicted molar refractivity (Wildman–Crippen MR) is 108 cm³/mol. The summed E-state index contributed by atoms with van der Waals surface area (Å²) in [5.74, 6) is -0.324. The van der Waals surface area contributed by atoms with Crippen LogP contribution in [0.15, 0.2) is 53.4 Å². The van der Waals surface area contributed by atoms with Crippen molar-refractivity contribution >= 4 is 27.6 Å². The number of carbonyl (C=O) groups is 1. The molecular weight excluding hydrogens is 380 g/mol. The number of nitrogens with zero attached hydrogens (tertiary/aromatic N) is 2. The smallest absolute Gasteiger partial charge is 0.272 e. The van der Waals surface area contributed by atoms with Crippen molar-refractivity contribution in [1.29, 1.82) is 0 Å². The van der Waals surface area contributed by atoms with Gasteiger partial charge in [-0.1, -0.05) is 32.1 Å². The SMILES string of the molecule is CCN(CC)S(=O)(=O)c1ccc(C(=O)/C=C/c2ccc(C)c([N+](=O)[O-])c2)cc1. The monoisotopic (exact) mass is 402 g/mol. The third-order valence-electron chi connectivity index (χ3n) is 4.34. The van der Waals surface area contributed by atoms with Gasteiger partial charge in [0.25, 0.3) is 5.69 Å². The summed E-state index contributed by atoms with van der Waals surface area (Å²) in [6, 6.07) is 10.4. The number of rotatable bonds is 8. The second-order valence-corrected chi connectivity index (χ2v) is 8.05. The van der Waals surface area contributed by atoms with Gasteiger partial charge < -0.3 is 0 Å². The lowest BCUT2D eigenvalue weighted by Gasteiger charge is -2.18. The zero-order chi connectivity index (χ0) is 20.9. The Morgan fingerprint density at radius 3 is 2.25 bits per heavy atom. The molecule has 0 aliphatic carbocycles. The van der Waals surface area contributed by atoms with Crippen LogP contribution in [0.1, 0.15) is 35.3 Å². The van der Waals surface area contributed by atoms with Crippen molar-refractivity contribution in [2.45, 2.75) is 25.7 Å². The number of nitro groups is 1. The molecule has 0 spiro atoms. The molecule has 0 heterocycles. The first-order chi connectivity index (χ1) is 13.2. The molecule has 0 radical (unpaired) electrons. The van der Waals surface area contributed by atoms with Crippen LogP contribution in [0.2, 0.25) is 0 Å². The summed E-state index contributed by atoms with van der Waals surface area (Å²) in [5.41, 5.74) is 1.39. The summed E-state index contributed by atoms with van der Waals surface area (Å²) in [6.45, 7) is 5.90. The second-order valence-electron chi connectivity index (χ2n) is 6.11. The highest BCUT2D eigenvalue weighted by Gasteiger charge is 2.21. The van der Waals surface area contributed by atoms with Crippen molar-refractivity contribution in [3.8, 4) is 0 Å². The molecule has 8 heteroatoms. The van der Waals surface area contributed by atoms with Gasteiger partial charge in [-0.05, 0) is 42.8 Å². The Bertz CT molecular complexity index is 1010. The largest absolute Gasteiger partial charge is 0.289 e. The fourth-order valence-corrected chi connectivity index (χ4v) is 4.16. The van der Waals surface area contributed by atoms with E-state index in [2.05, 4.69) is 0 Å². The first-order valence-corrected chi connectivity index (χ1v) is 10.2. The van der Waals surface area contributed by atoms with Crippen LogP contribution in [0.5, 0.6) is 0 Å². The number of aryl methyl sites for hydroxylation is 1. The van der Waals surface area contributed by atoms with Gasteiger partial charge in [-0.3, -0.25) is 14.9 Å². The highest BCUT2D eigenvalue weighted by molar-refractivity contribution is 7.89. The van der Waals surface area contributed by atoms with E-state index in [4.69, 9.17) is 0 Å². The fourth-order valence-electron chi connectivity index (χ4n) is 2.70. The summed E-state index contributed by atoms with van der Waals surface area (Å²) in [7, 11) is -3.58. The highest BCUT2D eigenvalue weighted by atomic mass is 32.2. The maximum Gasteiger partial charge on any atom is 0.272 e. The highest BCUT2D eigenvalue weighted by Crippen LogP contribution is 2.20. The van der Waals surface area contributed by atoms with Gasteiger partial charge in [-0.2, -0.15) is 4.31 Å². The normalized spacial score (nSPS) is 11.9. The van der Waals surface area contributed by atoms with Gasteiger partial charge in [0.15, 0.2) is 5.78 Å². The average molecular weight is 402 g/mol. The zero-order valence-corrected chi connectivity index (χ0v) is 16.8. The van der Waals surface area contributed by atoms with E-state index in [1.165, 1.54) is 46.8 Å². The third-order valence-corrected chi connectivity index (χ3v) is 6.40. The van der Waals surface area contributed by atoms with E-state index in [9.17, 15) is 23.3 Å². The van der Waals surface area contributed by atoms with Crippen molar-refractivity contribution in [3.63, 3.8) is 0 Å². The van der Waals surface area contributed by atoms with Crippen LogP contribution < -0.4 is 0 Å². The predicted octanol–water partition coefficient (Wildman–Crippen LogP) is 3.83. The number of hydrogen-bond donors (Lipinski definition) is 0. The van der Waals surface area contributed by atoms with E-state index in [0.29, 0.717) is 29.8 Å². The molecule has 0 aromatic heterocycles. The second kappa shape index (κ2) is 8.90. The van der Waals surface area contributed by atoms with Gasteiger partial charge in [0.05, 0.1) is 9.82 Å². The van der Waals surface area contributed by atoms with E-state index in [-0.39, 0.29) is 16.4 Å². The fraction of sp³-hybridized carbons (Fsp3) is 0.250. The number of hydrogen-bond acceptors (Lipinski definition) is 5. The van der Waals surface area contributed by atoms with Crippen molar-refractivity contribution in [3.05, 3.63) is 75.3 Å². The molecule has 0 fully saturated rings. The lowest BCUT2D eigenvalue weighted by molar-refractivity contribution is -0.385. The topological polar surface area (TPSA) is 97.6 Å². The summed E-state index contributed by atoms with van der Waals surface area (Å²) in [4.78, 5) is 23.0. The number of nitro benzene ring substituents is 1. The molecule has 148 valence electrons. The van der Waals surface area contributed by atoms with Crippen molar-refractivity contribution < 1.29 is 18.1 Å². The minimum absolute atomic E-state index is 0.0134. The number of carbonyl (C=O) groups excluding carboxylic acids is 1. The quantitative estimate of drug-likeness (QED) is 0.289. The van der Waals surface area contributed by atoms with Gasteiger partial charge >= 0.3 is 0 Å². The Hall–Kier alpha value is -2.84. The van der Waals surface area contributed by atoms with Gasteiger partial charge in [0.1, 0.15) is 0 Å². The van der Waals surface area contributed by atoms with E-state index in [1.54, 1.807) is 32.9 Å². The maximum absolute atomic E-state index is 12.5. The van der Waals surface area contributed by atoms with E-state index < -0.39 is 14.9 Å². The van der Waals surface area contributed by atoms with Crippen molar-refractivity contribution in [2.24, 2.45) is 0 Å². The Balaban J connectivity index is 2.21. The van der Waals surface area contributed by atoms with Crippen LogP contribution in [0.3, 0.4) is 0 Å². The molecular formula is C20H22N2O5S. The third kappa shape index (κ3) is 4.71. The van der Waals surface area contributed by atoms with E-state index in [1.807, 2.05) is 0 Å². The Morgan fingerprint density at radius 1 is 1.11 bits per heavy atom. The Morgan fingerprint density at radius 2 is 1.71 bits per heavy atom. The molecule has 2 rings (SSSR count). The van der Waals surface area contributed by atoms with Gasteiger partial charge in [0, 0.05) is 30.3 Å². The van der Waals surface area contributed by atoms with E-state index in [0.717, 1.165) is 0 Å². The number of allylic oxidation sites excluding steroid dienone is 1. The average Bonchev–Trinajstić information content (AvgIpc) is 2.67.